The predicted octanol–water partition coefficient (Wildman–Crippen LogP) is 6.23. The van der Waals surface area contributed by atoms with Crippen molar-refractivity contribution in [1.29, 1.82) is 0 Å². The van der Waals surface area contributed by atoms with E-state index in [0.29, 0.717) is 0 Å². The van der Waals surface area contributed by atoms with E-state index in [1.54, 1.807) is 0 Å². The van der Waals surface area contributed by atoms with Crippen molar-refractivity contribution in [3.8, 4) is 0 Å². The highest BCUT2D eigenvalue weighted by molar-refractivity contribution is 5.98. The molecular weight excluding hydrogens is 290 g/mol. The molecule has 0 spiro atoms. The van der Waals surface area contributed by atoms with Crippen molar-refractivity contribution in [2.75, 3.05) is 0 Å². The number of aromatic nitrogens is 1. The van der Waals surface area contributed by atoms with Gasteiger partial charge in [0, 0.05) is 12.4 Å². The molecule has 114 valence electrons. The van der Waals surface area contributed by atoms with Gasteiger partial charge in [0.05, 0.1) is 0 Å². The van der Waals surface area contributed by atoms with Gasteiger partial charge in [0.1, 0.15) is 0 Å². The highest BCUT2D eigenvalue weighted by Gasteiger charge is 1.95. The summed E-state index contributed by atoms with van der Waals surface area (Å²) in [5.74, 6) is 0. The first kappa shape index (κ1) is 14.4. The number of rotatable bonds is 0. The first-order valence-corrected chi connectivity index (χ1v) is 8.06. The SMILES string of the molecule is c1ccc2cc3ccccc3cc2c1.c1ccc2cnccc2c1. The first-order chi connectivity index (χ1) is 11.9. The van der Waals surface area contributed by atoms with Crippen LogP contribution in [0.15, 0.2) is 103 Å². The summed E-state index contributed by atoms with van der Waals surface area (Å²) in [7, 11) is 0. The molecular formula is C23H17N. The summed E-state index contributed by atoms with van der Waals surface area (Å²) in [6.07, 6.45) is 3.68. The maximum Gasteiger partial charge on any atom is 0.0346 e. The largest absolute Gasteiger partial charge is 0.264 e. The molecule has 1 nitrogen and oxygen atoms in total. The van der Waals surface area contributed by atoms with E-state index in [0.717, 1.165) is 0 Å². The molecule has 24 heavy (non-hydrogen) atoms. The zero-order valence-electron chi connectivity index (χ0n) is 13.3. The Morgan fingerprint density at radius 2 is 0.833 bits per heavy atom. The molecule has 1 heteroatoms. The van der Waals surface area contributed by atoms with Crippen LogP contribution in [-0.2, 0) is 0 Å². The topological polar surface area (TPSA) is 12.9 Å². The third-order valence-corrected chi connectivity index (χ3v) is 4.16. The van der Waals surface area contributed by atoms with E-state index in [1.165, 1.54) is 32.3 Å². The lowest BCUT2D eigenvalue weighted by atomic mass is 10.0. The molecule has 4 aromatic carbocycles. The van der Waals surface area contributed by atoms with Crippen LogP contribution in [0.2, 0.25) is 0 Å². The van der Waals surface area contributed by atoms with Crippen molar-refractivity contribution in [1.82, 2.24) is 4.98 Å². The Labute approximate surface area is 141 Å². The van der Waals surface area contributed by atoms with Crippen LogP contribution in [-0.4, -0.2) is 4.98 Å². The molecule has 0 unspecified atom stereocenters. The lowest BCUT2D eigenvalue weighted by Crippen LogP contribution is -1.74. The van der Waals surface area contributed by atoms with Crippen molar-refractivity contribution in [2.24, 2.45) is 0 Å². The second kappa shape index (κ2) is 6.51. The summed E-state index contributed by atoms with van der Waals surface area (Å²) in [6, 6.07) is 31.6. The highest BCUT2D eigenvalue weighted by Crippen LogP contribution is 2.22. The monoisotopic (exact) mass is 307 g/mol. The normalized spacial score (nSPS) is 10.5. The van der Waals surface area contributed by atoms with E-state index in [1.807, 2.05) is 30.6 Å². The highest BCUT2D eigenvalue weighted by atomic mass is 14.6. The van der Waals surface area contributed by atoms with Gasteiger partial charge in [0.15, 0.2) is 0 Å². The van der Waals surface area contributed by atoms with Crippen LogP contribution in [0, 0.1) is 0 Å². The van der Waals surface area contributed by atoms with Crippen LogP contribution < -0.4 is 0 Å². The summed E-state index contributed by atoms with van der Waals surface area (Å²) in [5.41, 5.74) is 0. The molecule has 1 heterocycles. The summed E-state index contributed by atoms with van der Waals surface area (Å²) in [6.45, 7) is 0. The average molecular weight is 307 g/mol. The maximum absolute atomic E-state index is 4.01. The van der Waals surface area contributed by atoms with Crippen LogP contribution >= 0.6 is 0 Å². The van der Waals surface area contributed by atoms with Crippen LogP contribution in [0.4, 0.5) is 0 Å². The summed E-state index contributed by atoms with van der Waals surface area (Å²) in [4.78, 5) is 4.01. The van der Waals surface area contributed by atoms with Gasteiger partial charge in [-0.15, -0.1) is 0 Å². The Bertz CT molecular complexity index is 942. The molecule has 0 fully saturated rings. The minimum atomic E-state index is 1.20. The molecule has 0 aliphatic carbocycles. The van der Waals surface area contributed by atoms with Crippen LogP contribution in [0.25, 0.3) is 32.3 Å². The molecule has 0 atom stereocenters. The maximum atomic E-state index is 4.01. The lowest BCUT2D eigenvalue weighted by molar-refractivity contribution is 1.36. The van der Waals surface area contributed by atoms with Crippen molar-refractivity contribution in [3.63, 3.8) is 0 Å². The van der Waals surface area contributed by atoms with Gasteiger partial charge >= 0.3 is 0 Å². The molecule has 0 N–H and O–H groups in total. The van der Waals surface area contributed by atoms with Crippen LogP contribution in [0.5, 0.6) is 0 Å². The quantitative estimate of drug-likeness (QED) is 0.309. The summed E-state index contributed by atoms with van der Waals surface area (Å²) < 4.78 is 0. The molecule has 5 rings (SSSR count). The van der Waals surface area contributed by atoms with Crippen molar-refractivity contribution in [3.05, 3.63) is 103 Å². The smallest absolute Gasteiger partial charge is 0.0346 e. The fraction of sp³-hybridized carbons (Fsp3) is 0. The average Bonchev–Trinajstić information content (AvgIpc) is 2.67. The van der Waals surface area contributed by atoms with Gasteiger partial charge < -0.3 is 0 Å². The molecule has 0 amide bonds. The summed E-state index contributed by atoms with van der Waals surface area (Å²) in [5, 5.41) is 7.69. The molecule has 0 bridgehead atoms. The Hall–Kier alpha value is -3.19. The molecule has 5 aromatic rings. The van der Waals surface area contributed by atoms with Gasteiger partial charge in [0.25, 0.3) is 0 Å². The second-order valence-corrected chi connectivity index (χ2v) is 5.77. The fourth-order valence-electron chi connectivity index (χ4n) is 2.91. The van der Waals surface area contributed by atoms with E-state index in [9.17, 15) is 0 Å². The second-order valence-electron chi connectivity index (χ2n) is 5.77. The van der Waals surface area contributed by atoms with Gasteiger partial charge in [0.2, 0.25) is 0 Å². The third kappa shape index (κ3) is 2.97. The zero-order valence-corrected chi connectivity index (χ0v) is 13.3. The molecule has 0 saturated heterocycles. The zero-order chi connectivity index (χ0) is 16.2. The van der Waals surface area contributed by atoms with Gasteiger partial charge in [-0.25, -0.2) is 0 Å². The molecule has 0 aliphatic rings. The van der Waals surface area contributed by atoms with E-state index >= 15 is 0 Å². The first-order valence-electron chi connectivity index (χ1n) is 8.06. The van der Waals surface area contributed by atoms with E-state index in [-0.39, 0.29) is 0 Å². The number of hydrogen-bond acceptors (Lipinski definition) is 1. The van der Waals surface area contributed by atoms with Crippen LogP contribution in [0.1, 0.15) is 0 Å². The van der Waals surface area contributed by atoms with Crippen LogP contribution in [0.3, 0.4) is 0 Å². The van der Waals surface area contributed by atoms with E-state index < -0.39 is 0 Å². The molecule has 1 aromatic heterocycles. The number of fused-ring (bicyclic) bond motifs is 3. The van der Waals surface area contributed by atoms with Gasteiger partial charge in [-0.1, -0.05) is 72.8 Å². The minimum Gasteiger partial charge on any atom is -0.264 e. The molecule has 0 saturated carbocycles. The van der Waals surface area contributed by atoms with Crippen molar-refractivity contribution >= 4 is 32.3 Å². The standard InChI is InChI=1S/C14H10.C9H7N/c1-2-6-12-10-14-8-4-3-7-13(14)9-11(12)5-1;1-2-4-9-7-10-6-5-8(9)3-1/h1-10H;1-7H. The van der Waals surface area contributed by atoms with Gasteiger partial charge in [-0.05, 0) is 50.5 Å². The Morgan fingerprint density at radius 1 is 0.417 bits per heavy atom. The summed E-state index contributed by atoms with van der Waals surface area (Å²) >= 11 is 0. The van der Waals surface area contributed by atoms with Crippen molar-refractivity contribution in [2.45, 2.75) is 0 Å². The van der Waals surface area contributed by atoms with Crippen molar-refractivity contribution < 1.29 is 0 Å². The number of pyridine rings is 1. The molecule has 0 radical (unpaired) electrons. The number of nitrogens with zero attached hydrogens (tertiary/aromatic N) is 1. The Morgan fingerprint density at radius 3 is 1.29 bits per heavy atom. The Balaban J connectivity index is 0.000000129. The lowest BCUT2D eigenvalue weighted by Gasteiger charge is -2.00. The van der Waals surface area contributed by atoms with E-state index in [4.69, 9.17) is 0 Å². The fourth-order valence-corrected chi connectivity index (χ4v) is 2.91. The van der Waals surface area contributed by atoms with Gasteiger partial charge in [-0.2, -0.15) is 0 Å². The predicted molar refractivity (Wildman–Crippen MR) is 103 cm³/mol. The van der Waals surface area contributed by atoms with Gasteiger partial charge in [-0.3, -0.25) is 4.98 Å². The number of hydrogen-bond donors (Lipinski definition) is 0. The Kier molecular flexibility index (Phi) is 3.91. The minimum absolute atomic E-state index is 1.20. The van der Waals surface area contributed by atoms with E-state index in [2.05, 4.69) is 77.8 Å². The number of benzene rings is 4. The molecule has 0 aliphatic heterocycles. The third-order valence-electron chi connectivity index (χ3n) is 4.16.